The number of hydrogen-bond donors (Lipinski definition) is 0. The Labute approximate surface area is 513 Å². The summed E-state index contributed by atoms with van der Waals surface area (Å²) >= 11 is 0. The maximum atomic E-state index is 8.89. The van der Waals surface area contributed by atoms with Crippen LogP contribution in [0.1, 0.15) is 114 Å². The average Bonchev–Trinajstić information content (AvgIpc) is 2.33. The van der Waals surface area contributed by atoms with Gasteiger partial charge in [0.15, 0.2) is 0 Å². The SMILES string of the molecule is CC(=O)[O-].CC(=O)[O-].CCc1cc(P(c2cc(CC)c(N(C)C)c(CC)c2)c2ccc3ccccc3c2-c2c(P(c3cc(CC)c(N(C)C)c(CC)c3)c3cc(CC)c(N(C)C)c(CC)c3)ccc3ccccc23)cc(CC)c1N(C)C.[Ru+2]. The number of anilines is 4. The fourth-order valence-electron chi connectivity index (χ4n) is 12.2. The molecule has 11 heteroatoms. The molecule has 0 amide bonds. The first-order chi connectivity index (χ1) is 39.1. The fraction of sp³-hybridized carbons (Fsp3) is 0.361. The molecule has 0 heterocycles. The summed E-state index contributed by atoms with van der Waals surface area (Å²) in [6.07, 6.45) is 7.76. The number of carbonyl (C=O) groups excluding carboxylic acids is 2. The summed E-state index contributed by atoms with van der Waals surface area (Å²) < 4.78 is 0. The summed E-state index contributed by atoms with van der Waals surface area (Å²) in [5, 5.41) is 31.5. The predicted octanol–water partition coefficient (Wildman–Crippen LogP) is 11.4. The van der Waals surface area contributed by atoms with Gasteiger partial charge in [-0.25, -0.2) is 0 Å². The molecular weight excluding hydrogens is 1150 g/mol. The molecule has 0 saturated heterocycles. The molecule has 0 radical (unpaired) electrons. The Kier molecular flexibility index (Phi) is 25.0. The third kappa shape index (κ3) is 15.1. The van der Waals surface area contributed by atoms with Gasteiger partial charge in [-0.3, -0.25) is 0 Å². The molecule has 0 aliphatic rings. The number of nitrogens with zero attached hydrogens (tertiary/aromatic N) is 4. The number of carbonyl (C=O) groups is 2. The van der Waals surface area contributed by atoms with E-state index < -0.39 is 27.8 Å². The second-order valence-electron chi connectivity index (χ2n) is 21.9. The number of rotatable bonds is 19. The average molecular weight is 1240 g/mol. The van der Waals surface area contributed by atoms with E-state index in [1.807, 2.05) is 0 Å². The Morgan fingerprint density at radius 2 is 0.542 bits per heavy atom. The van der Waals surface area contributed by atoms with E-state index in [4.69, 9.17) is 19.8 Å². The number of fused-ring (bicyclic) bond motifs is 2. The normalized spacial score (nSPS) is 11.0. The smallest absolute Gasteiger partial charge is 0.550 e. The molecule has 0 aromatic heterocycles. The second-order valence-corrected chi connectivity index (χ2v) is 26.2. The third-order valence-electron chi connectivity index (χ3n) is 15.4. The van der Waals surface area contributed by atoms with Gasteiger partial charge in [-0.15, -0.1) is 0 Å². The number of hydrogen-bond acceptors (Lipinski definition) is 8. The Hall–Kier alpha value is -6.10. The molecule has 0 bridgehead atoms. The van der Waals surface area contributed by atoms with E-state index in [1.165, 1.54) is 132 Å². The Morgan fingerprint density at radius 1 is 0.349 bits per heavy atom. The number of aliphatic carboxylic acids is 2. The summed E-state index contributed by atoms with van der Waals surface area (Å²) in [6, 6.07) is 49.3. The van der Waals surface area contributed by atoms with Crippen LogP contribution in [0.25, 0.3) is 32.7 Å². The number of carboxylic acid groups (broad SMARTS) is 2. The monoisotopic (exact) mass is 1240 g/mol. The first kappa shape index (κ1) is 67.7. The van der Waals surface area contributed by atoms with E-state index in [0.29, 0.717) is 0 Å². The quantitative estimate of drug-likeness (QED) is 0.0584. The maximum absolute atomic E-state index is 8.89. The molecule has 440 valence electrons. The van der Waals surface area contributed by atoms with Crippen molar-refractivity contribution in [2.45, 2.75) is 121 Å². The van der Waals surface area contributed by atoms with E-state index >= 15 is 0 Å². The van der Waals surface area contributed by atoms with Gasteiger partial charge in [-0.05, 0) is 239 Å². The zero-order chi connectivity index (χ0) is 60.3. The van der Waals surface area contributed by atoms with Gasteiger partial charge in [0, 0.05) is 91.1 Å². The van der Waals surface area contributed by atoms with Crippen molar-refractivity contribution in [2.75, 3.05) is 76.0 Å². The summed E-state index contributed by atoms with van der Waals surface area (Å²) in [5.41, 5.74) is 19.6. The van der Waals surface area contributed by atoms with E-state index in [0.717, 1.165) is 65.2 Å². The molecule has 8 aromatic carbocycles. The molecule has 0 aliphatic carbocycles. The van der Waals surface area contributed by atoms with Crippen LogP contribution in [0.3, 0.4) is 0 Å². The Bertz CT molecular complexity index is 3080. The van der Waals surface area contributed by atoms with Crippen LogP contribution in [0.5, 0.6) is 0 Å². The van der Waals surface area contributed by atoms with E-state index in [1.54, 1.807) is 0 Å². The first-order valence-corrected chi connectivity index (χ1v) is 32.1. The molecule has 8 aromatic rings. The summed E-state index contributed by atoms with van der Waals surface area (Å²) in [5.74, 6) is -2.17. The summed E-state index contributed by atoms with van der Waals surface area (Å²) in [7, 11) is 15.6. The minimum atomic E-state index is -1.11. The molecule has 8 rings (SSSR count). The molecule has 0 spiro atoms. The largest absolute Gasteiger partial charge is 2.00 e. The van der Waals surface area contributed by atoms with Gasteiger partial charge in [0.25, 0.3) is 0 Å². The molecule has 0 fully saturated rings. The van der Waals surface area contributed by atoms with Gasteiger partial charge >= 0.3 is 19.5 Å². The van der Waals surface area contributed by atoms with Crippen molar-refractivity contribution < 1.29 is 39.3 Å². The van der Waals surface area contributed by atoms with E-state index in [-0.39, 0.29) is 19.5 Å². The van der Waals surface area contributed by atoms with Crippen LogP contribution >= 0.6 is 15.8 Å². The number of carboxylic acids is 2. The van der Waals surface area contributed by atoms with E-state index in [9.17, 15) is 0 Å². The standard InChI is InChI=1S/C68H84N4P2.2C2H4O2.Ru/c1-17-45-37-55(38-46(18-2)65(45)69(9)10)73(56-39-47(19-3)66(70(11)12)48(20-4)40-56)61-35-33-53-29-25-27-31-59(53)63(61)64-60-32-28-26-30-54(60)34-36-62(64)74(57-41-49(21-5)67(71(13)14)50(22-6)42-57)58-43-51(23-7)68(72(15)16)52(24-8)44-58;2*1-2(3)4;/h25-44H,17-24H2,1-16H3;2*1H3,(H,3,4);/q;;;+2/p-2. The zero-order valence-electron chi connectivity index (χ0n) is 52.9. The summed E-state index contributed by atoms with van der Waals surface area (Å²) in [4.78, 5) is 27.2. The first-order valence-electron chi connectivity index (χ1n) is 29.5. The molecular formula is C72H90N4O4P2Ru. The van der Waals surface area contributed by atoms with Crippen molar-refractivity contribution in [1.29, 1.82) is 0 Å². The van der Waals surface area contributed by atoms with Crippen LogP contribution in [0.15, 0.2) is 121 Å². The van der Waals surface area contributed by atoms with Crippen LogP contribution in [0.4, 0.5) is 22.7 Å². The van der Waals surface area contributed by atoms with Crippen LogP contribution < -0.4 is 61.6 Å². The van der Waals surface area contributed by atoms with Crippen molar-refractivity contribution in [3.63, 3.8) is 0 Å². The van der Waals surface area contributed by atoms with Crippen molar-refractivity contribution >= 4 is 104 Å². The van der Waals surface area contributed by atoms with Gasteiger partial charge in [-0.2, -0.15) is 0 Å². The van der Waals surface area contributed by atoms with Gasteiger partial charge in [0.05, 0.1) is 0 Å². The van der Waals surface area contributed by atoms with Crippen LogP contribution in [-0.2, 0) is 80.4 Å². The fourth-order valence-corrected chi connectivity index (χ4v) is 17.6. The third-order valence-corrected chi connectivity index (χ3v) is 20.2. The maximum Gasteiger partial charge on any atom is 2.00 e. The Morgan fingerprint density at radius 3 is 0.723 bits per heavy atom. The minimum Gasteiger partial charge on any atom is -0.550 e. The molecule has 83 heavy (non-hydrogen) atoms. The van der Waals surface area contributed by atoms with Gasteiger partial charge in [-0.1, -0.05) is 128 Å². The molecule has 8 nitrogen and oxygen atoms in total. The van der Waals surface area contributed by atoms with Crippen molar-refractivity contribution in [2.24, 2.45) is 0 Å². The van der Waals surface area contributed by atoms with Crippen LogP contribution in [0.2, 0.25) is 0 Å². The van der Waals surface area contributed by atoms with Gasteiger partial charge in [0.2, 0.25) is 0 Å². The second kappa shape index (κ2) is 30.6. The molecule has 0 unspecified atom stereocenters. The Balaban J connectivity index is 0.00000132. The van der Waals surface area contributed by atoms with Gasteiger partial charge in [0.1, 0.15) is 0 Å². The molecule has 0 N–H and O–H groups in total. The molecule has 0 aliphatic heterocycles. The zero-order valence-corrected chi connectivity index (χ0v) is 56.4. The number of aryl methyl sites for hydroxylation is 8. The van der Waals surface area contributed by atoms with Crippen molar-refractivity contribution in [3.8, 4) is 11.1 Å². The topological polar surface area (TPSA) is 93.2 Å². The number of benzene rings is 8. The van der Waals surface area contributed by atoms with E-state index in [2.05, 4.69) is 253 Å². The predicted molar refractivity (Wildman–Crippen MR) is 358 cm³/mol. The summed E-state index contributed by atoms with van der Waals surface area (Å²) in [6.45, 7) is 20.7. The van der Waals surface area contributed by atoms with Crippen LogP contribution in [-0.4, -0.2) is 68.3 Å². The minimum absolute atomic E-state index is 0. The molecule has 0 saturated carbocycles. The molecule has 0 atom stereocenters. The van der Waals surface area contributed by atoms with Crippen molar-refractivity contribution in [3.05, 3.63) is 166 Å². The van der Waals surface area contributed by atoms with Crippen LogP contribution in [0, 0.1) is 0 Å². The van der Waals surface area contributed by atoms with Crippen molar-refractivity contribution in [1.82, 2.24) is 0 Å². The van der Waals surface area contributed by atoms with Gasteiger partial charge < -0.3 is 39.4 Å².